The number of carbonyl (C=O) groups is 1. The molecule has 10 heteroatoms. The summed E-state index contributed by atoms with van der Waals surface area (Å²) >= 11 is 6.43. The van der Waals surface area contributed by atoms with Crippen LogP contribution in [0.25, 0.3) is 5.70 Å². The van der Waals surface area contributed by atoms with E-state index in [9.17, 15) is 9.90 Å². The van der Waals surface area contributed by atoms with Gasteiger partial charge in [-0.3, -0.25) is 9.79 Å². The fraction of sp³-hybridized carbons (Fsp3) is 0.207. The zero-order valence-electron chi connectivity index (χ0n) is 21.6. The number of hydrogen-bond donors (Lipinski definition) is 4. The number of aliphatic imine (C=N–C) groups is 2. The predicted octanol–water partition coefficient (Wildman–Crippen LogP) is 4.22. The van der Waals surface area contributed by atoms with E-state index in [-0.39, 0.29) is 19.1 Å². The first-order valence-electron chi connectivity index (χ1n) is 12.5. The number of anilines is 2. The Balaban J connectivity index is 1.55. The van der Waals surface area contributed by atoms with Crippen LogP contribution in [0.3, 0.4) is 0 Å². The molecular weight excluding hydrogens is 519 g/mol. The van der Waals surface area contributed by atoms with Gasteiger partial charge in [0.15, 0.2) is 0 Å². The third-order valence-corrected chi connectivity index (χ3v) is 6.81. The van der Waals surface area contributed by atoms with Crippen LogP contribution in [0.1, 0.15) is 27.0 Å². The molecule has 4 N–H and O–H groups in total. The molecule has 2 aliphatic heterocycles. The maximum Gasteiger partial charge on any atom is 0.251 e. The highest BCUT2D eigenvalue weighted by atomic mass is 35.5. The van der Waals surface area contributed by atoms with E-state index in [0.717, 1.165) is 22.5 Å². The van der Waals surface area contributed by atoms with Crippen molar-refractivity contribution in [2.75, 3.05) is 51.0 Å². The standard InChI is InChI=1S/C29H28ClFN6O2/c1-32-28(39)17-6-9-20(10-7-17)35-29-36-26-18(16-37(29)2)15-34-27(22-14-19(30)8-11-21(22)26)25-23(31)4-3-5-24(25)33-12-13-38/h3-11,14,33,38H,12-13,15-16H2,1-2H3,(H,32,39)(H,35,36). The Morgan fingerprint density at radius 2 is 1.92 bits per heavy atom. The Morgan fingerprint density at radius 1 is 1.13 bits per heavy atom. The lowest BCUT2D eigenvalue weighted by Gasteiger charge is -2.28. The van der Waals surface area contributed by atoms with Crippen LogP contribution in [0.2, 0.25) is 5.02 Å². The Bertz CT molecular complexity index is 1520. The quantitative estimate of drug-likeness (QED) is 0.371. The first-order valence-corrected chi connectivity index (χ1v) is 12.9. The predicted molar refractivity (Wildman–Crippen MR) is 154 cm³/mol. The smallest absolute Gasteiger partial charge is 0.251 e. The van der Waals surface area contributed by atoms with E-state index in [1.165, 1.54) is 6.07 Å². The molecular formula is C29H28ClFN6O2. The molecule has 8 nitrogen and oxygen atoms in total. The summed E-state index contributed by atoms with van der Waals surface area (Å²) in [6.45, 7) is 1.07. The fourth-order valence-electron chi connectivity index (χ4n) is 4.68. The van der Waals surface area contributed by atoms with Crippen LogP contribution in [0.5, 0.6) is 0 Å². The van der Waals surface area contributed by atoms with Crippen LogP contribution in [0.4, 0.5) is 15.8 Å². The number of carbonyl (C=O) groups excluding carboxylic acids is 1. The second-order valence-electron chi connectivity index (χ2n) is 9.19. The van der Waals surface area contributed by atoms with Crippen LogP contribution in [0.15, 0.2) is 76.2 Å². The van der Waals surface area contributed by atoms with Gasteiger partial charge < -0.3 is 26.0 Å². The van der Waals surface area contributed by atoms with Crippen molar-refractivity contribution in [3.05, 3.63) is 99.3 Å². The number of benzene rings is 3. The Morgan fingerprint density at radius 3 is 2.67 bits per heavy atom. The van der Waals surface area contributed by atoms with E-state index < -0.39 is 5.82 Å². The van der Waals surface area contributed by atoms with Crippen molar-refractivity contribution in [1.29, 1.82) is 0 Å². The molecule has 39 heavy (non-hydrogen) atoms. The van der Waals surface area contributed by atoms with Gasteiger partial charge >= 0.3 is 0 Å². The van der Waals surface area contributed by atoms with Crippen LogP contribution in [0, 0.1) is 5.82 Å². The monoisotopic (exact) mass is 546 g/mol. The second kappa shape index (κ2) is 11.3. The summed E-state index contributed by atoms with van der Waals surface area (Å²) in [5.41, 5.74) is 5.88. The highest BCUT2D eigenvalue weighted by Crippen LogP contribution is 2.35. The molecule has 200 valence electrons. The van der Waals surface area contributed by atoms with Crippen LogP contribution >= 0.6 is 11.6 Å². The number of nitrogens with one attached hydrogen (secondary N) is 3. The van der Waals surface area contributed by atoms with E-state index >= 15 is 4.39 Å². The highest BCUT2D eigenvalue weighted by molar-refractivity contribution is 6.31. The highest BCUT2D eigenvalue weighted by Gasteiger charge is 2.28. The van der Waals surface area contributed by atoms with E-state index in [2.05, 4.69) is 16.0 Å². The normalized spacial score (nSPS) is 14.5. The number of nitrogens with zero attached hydrogens (tertiary/aromatic N) is 3. The first-order chi connectivity index (χ1) is 18.9. The van der Waals surface area contributed by atoms with Crippen molar-refractivity contribution in [2.45, 2.75) is 0 Å². The van der Waals surface area contributed by atoms with Gasteiger partial charge in [-0.1, -0.05) is 23.7 Å². The largest absolute Gasteiger partial charge is 0.395 e. The minimum absolute atomic E-state index is 0.0912. The van der Waals surface area contributed by atoms with E-state index in [4.69, 9.17) is 21.6 Å². The molecule has 0 fully saturated rings. The SMILES string of the molecule is CNC(=O)c1ccc(NC2=NC3=C(CN=C(c4c(F)cccc4NCCO)c4cc(Cl)ccc43)CN2C)cc1. The molecule has 0 saturated heterocycles. The van der Waals surface area contributed by atoms with Gasteiger partial charge in [0.1, 0.15) is 5.82 Å². The zero-order valence-corrected chi connectivity index (χ0v) is 22.3. The average Bonchev–Trinajstić information content (AvgIpc) is 3.08. The third-order valence-electron chi connectivity index (χ3n) is 6.57. The van der Waals surface area contributed by atoms with Crippen LogP contribution in [-0.4, -0.2) is 67.9 Å². The summed E-state index contributed by atoms with van der Waals surface area (Å²) in [5, 5.41) is 18.9. The molecule has 1 amide bonds. The molecule has 0 unspecified atom stereocenters. The number of fused-ring (bicyclic) bond motifs is 2. The molecule has 0 bridgehead atoms. The molecule has 0 atom stereocenters. The van der Waals surface area contributed by atoms with Crippen molar-refractivity contribution in [3.8, 4) is 0 Å². The minimum atomic E-state index is -0.425. The van der Waals surface area contributed by atoms with Gasteiger partial charge in [-0.2, -0.15) is 0 Å². The van der Waals surface area contributed by atoms with E-state index in [0.29, 0.717) is 52.2 Å². The van der Waals surface area contributed by atoms with Crippen LogP contribution in [-0.2, 0) is 0 Å². The van der Waals surface area contributed by atoms with Gasteiger partial charge in [-0.15, -0.1) is 0 Å². The number of aliphatic hydroxyl groups excluding tert-OH is 1. The molecule has 0 aliphatic carbocycles. The lowest BCUT2D eigenvalue weighted by molar-refractivity contribution is 0.0963. The van der Waals surface area contributed by atoms with Crippen molar-refractivity contribution in [1.82, 2.24) is 10.2 Å². The van der Waals surface area contributed by atoms with Gasteiger partial charge in [0.25, 0.3) is 5.91 Å². The van der Waals surface area contributed by atoms with Gasteiger partial charge in [-0.25, -0.2) is 9.38 Å². The molecule has 0 radical (unpaired) electrons. The Hall–Kier alpha value is -4.21. The number of halogens is 2. The zero-order chi connectivity index (χ0) is 27.5. The number of hydrogen-bond acceptors (Lipinski definition) is 7. The number of likely N-dealkylation sites (N-methyl/N-ethyl adjacent to an activating group) is 1. The molecule has 0 saturated carbocycles. The van der Waals surface area contributed by atoms with Gasteiger partial charge in [-0.05, 0) is 54.1 Å². The lowest BCUT2D eigenvalue weighted by Crippen LogP contribution is -2.37. The van der Waals surface area contributed by atoms with E-state index in [1.807, 2.05) is 30.1 Å². The van der Waals surface area contributed by atoms with Crippen molar-refractivity contribution in [2.24, 2.45) is 9.98 Å². The summed E-state index contributed by atoms with van der Waals surface area (Å²) < 4.78 is 15.3. The maximum absolute atomic E-state index is 15.3. The summed E-state index contributed by atoms with van der Waals surface area (Å²) in [6, 6.07) is 17.4. The summed E-state index contributed by atoms with van der Waals surface area (Å²) in [7, 11) is 3.53. The van der Waals surface area contributed by atoms with Crippen molar-refractivity contribution in [3.63, 3.8) is 0 Å². The Kier molecular flexibility index (Phi) is 7.63. The first kappa shape index (κ1) is 26.4. The fourth-order valence-corrected chi connectivity index (χ4v) is 4.85. The summed E-state index contributed by atoms with van der Waals surface area (Å²) in [5.74, 6) is 0.0465. The minimum Gasteiger partial charge on any atom is -0.395 e. The van der Waals surface area contributed by atoms with E-state index in [1.54, 1.807) is 43.4 Å². The number of aliphatic hydroxyl groups is 1. The number of guanidine groups is 1. The molecule has 3 aromatic carbocycles. The average molecular weight is 547 g/mol. The molecule has 0 spiro atoms. The number of amides is 1. The van der Waals surface area contributed by atoms with Gasteiger partial charge in [0, 0.05) is 60.3 Å². The molecule has 3 aromatic rings. The van der Waals surface area contributed by atoms with Crippen LogP contribution < -0.4 is 16.0 Å². The van der Waals surface area contributed by atoms with Gasteiger partial charge in [0.05, 0.1) is 30.1 Å². The molecule has 5 rings (SSSR count). The Labute approximate surface area is 230 Å². The topological polar surface area (TPSA) is 101 Å². The summed E-state index contributed by atoms with van der Waals surface area (Å²) in [6.07, 6.45) is 0. The summed E-state index contributed by atoms with van der Waals surface area (Å²) in [4.78, 5) is 23.7. The third kappa shape index (κ3) is 5.36. The molecule has 2 heterocycles. The van der Waals surface area contributed by atoms with Gasteiger partial charge in [0.2, 0.25) is 5.96 Å². The molecule has 2 aliphatic rings. The van der Waals surface area contributed by atoms with Crippen molar-refractivity contribution < 1.29 is 14.3 Å². The second-order valence-corrected chi connectivity index (χ2v) is 9.63. The van der Waals surface area contributed by atoms with Crippen molar-refractivity contribution >= 4 is 46.3 Å². The maximum atomic E-state index is 15.3. The molecule has 0 aromatic heterocycles. The lowest BCUT2D eigenvalue weighted by atomic mass is 9.93. The number of rotatable bonds is 6.